The van der Waals surface area contributed by atoms with Crippen molar-refractivity contribution in [2.24, 2.45) is 5.41 Å². The van der Waals surface area contributed by atoms with Gasteiger partial charge in [0.25, 0.3) is 0 Å². The van der Waals surface area contributed by atoms with E-state index < -0.39 is 0 Å². The lowest BCUT2D eigenvalue weighted by Crippen LogP contribution is -2.42. The number of esters is 1. The Balaban J connectivity index is 1.49. The Hall–Kier alpha value is -2.35. The van der Waals surface area contributed by atoms with E-state index in [2.05, 4.69) is 31.2 Å². The zero-order chi connectivity index (χ0) is 18.9. The molecule has 0 aliphatic heterocycles. The second-order valence-electron chi connectivity index (χ2n) is 8.61. The molecule has 0 N–H and O–H groups in total. The first-order valence-electron chi connectivity index (χ1n) is 10.1. The molecule has 2 nitrogen and oxygen atoms in total. The molecule has 0 unspecified atom stereocenters. The molecule has 2 bridgehead atoms. The highest BCUT2D eigenvalue weighted by Gasteiger charge is 2.46. The highest BCUT2D eigenvalue weighted by Crippen LogP contribution is 2.57. The Morgan fingerprint density at radius 1 is 0.852 bits per heavy atom. The van der Waals surface area contributed by atoms with Crippen LogP contribution >= 0.6 is 0 Å². The molecule has 2 aromatic rings. The number of benzene rings is 2. The Kier molecular flexibility index (Phi) is 4.67. The summed E-state index contributed by atoms with van der Waals surface area (Å²) in [5.74, 6) is 0.231. The van der Waals surface area contributed by atoms with Crippen LogP contribution in [0.25, 0.3) is 11.1 Å². The van der Waals surface area contributed by atoms with Gasteiger partial charge in [0.2, 0.25) is 0 Å². The van der Waals surface area contributed by atoms with E-state index in [1.165, 1.54) is 55.7 Å². The fraction of sp³-hybridized carbons (Fsp3) is 0.400. The van der Waals surface area contributed by atoms with E-state index in [1.807, 2.05) is 24.3 Å². The van der Waals surface area contributed by atoms with Gasteiger partial charge < -0.3 is 4.74 Å². The van der Waals surface area contributed by atoms with Gasteiger partial charge in [-0.05, 0) is 85.1 Å². The predicted octanol–water partition coefficient (Wildman–Crippen LogP) is 6.45. The molecule has 0 heterocycles. The van der Waals surface area contributed by atoms with Gasteiger partial charge in [0.15, 0.2) is 0 Å². The molecule has 27 heavy (non-hydrogen) atoms. The third-order valence-electron chi connectivity index (χ3n) is 6.83. The molecule has 0 radical (unpaired) electrons. The summed E-state index contributed by atoms with van der Waals surface area (Å²) in [6.07, 6.45) is 11.3. The zero-order valence-electron chi connectivity index (χ0n) is 16.3. The van der Waals surface area contributed by atoms with Crippen LogP contribution in [0.4, 0.5) is 0 Å². The van der Waals surface area contributed by atoms with Crippen LogP contribution < -0.4 is 4.74 Å². The van der Waals surface area contributed by atoms with Crippen LogP contribution in [0.5, 0.6) is 5.75 Å². The summed E-state index contributed by atoms with van der Waals surface area (Å²) < 4.78 is 5.26. The van der Waals surface area contributed by atoms with Crippen molar-refractivity contribution in [2.45, 2.75) is 57.8 Å². The number of allylic oxidation sites excluding steroid dienone is 1. The van der Waals surface area contributed by atoms with Crippen LogP contribution in [0.3, 0.4) is 0 Å². The summed E-state index contributed by atoms with van der Waals surface area (Å²) in [7, 11) is 0. The molecule has 3 saturated carbocycles. The molecule has 0 saturated heterocycles. The molecular formula is C25H28O2. The van der Waals surface area contributed by atoms with Crippen molar-refractivity contribution < 1.29 is 9.53 Å². The van der Waals surface area contributed by atoms with E-state index in [4.69, 9.17) is 4.74 Å². The average Bonchev–Trinajstić information content (AvgIpc) is 2.70. The maximum absolute atomic E-state index is 11.5. The Morgan fingerprint density at radius 2 is 1.37 bits per heavy atom. The van der Waals surface area contributed by atoms with E-state index in [0.29, 0.717) is 16.6 Å². The van der Waals surface area contributed by atoms with Gasteiger partial charge in [-0.1, -0.05) is 49.4 Å². The second-order valence-corrected chi connectivity index (χ2v) is 8.61. The summed E-state index contributed by atoms with van der Waals surface area (Å²) in [6.45, 7) is 4.27. The fourth-order valence-electron chi connectivity index (χ4n) is 4.82. The quantitative estimate of drug-likeness (QED) is 0.356. The molecular weight excluding hydrogens is 332 g/mol. The van der Waals surface area contributed by atoms with Crippen LogP contribution in [0, 0.1) is 5.41 Å². The Labute approximate surface area is 162 Å². The van der Waals surface area contributed by atoms with E-state index in [-0.39, 0.29) is 5.97 Å². The maximum Gasteiger partial charge on any atom is 0.335 e. The number of carbonyl (C=O) groups excluding carboxylic acids is 1. The molecule has 3 fully saturated rings. The number of fused-ring (bicyclic) bond motifs is 3. The van der Waals surface area contributed by atoms with Crippen molar-refractivity contribution in [2.75, 3.05) is 0 Å². The van der Waals surface area contributed by atoms with Crippen molar-refractivity contribution in [3.8, 4) is 16.9 Å². The van der Waals surface area contributed by atoms with E-state index >= 15 is 0 Å². The predicted molar refractivity (Wildman–Crippen MR) is 110 cm³/mol. The molecule has 0 amide bonds. The number of hydrogen-bond donors (Lipinski definition) is 0. The molecule has 0 atom stereocenters. The lowest BCUT2D eigenvalue weighted by Gasteiger charge is -2.52. The lowest BCUT2D eigenvalue weighted by molar-refractivity contribution is -0.129. The smallest absolute Gasteiger partial charge is 0.335 e. The van der Waals surface area contributed by atoms with Gasteiger partial charge in [0.05, 0.1) is 0 Å². The number of rotatable bonds is 4. The number of ether oxygens (including phenoxy) is 1. The topological polar surface area (TPSA) is 26.3 Å². The van der Waals surface area contributed by atoms with Gasteiger partial charge in [-0.15, -0.1) is 0 Å². The third kappa shape index (κ3) is 3.58. The monoisotopic (exact) mass is 360 g/mol. The third-order valence-corrected chi connectivity index (χ3v) is 6.83. The fourth-order valence-corrected chi connectivity index (χ4v) is 4.82. The highest BCUT2D eigenvalue weighted by molar-refractivity contribution is 5.84. The standard InChI is InChI=1S/C25H28O2/c1-3-4-23(26)27-22-11-7-20(8-12-22)19-5-9-21(10-6-19)25-16-13-24(2,14-17-25)15-18-25/h3-12H,13-18H2,1-2H3/b4-3+. The molecule has 0 spiro atoms. The SMILES string of the molecule is C/C=C/C(=O)Oc1ccc(-c2ccc(C34CCC(C)(CC3)CC4)cc2)cc1. The zero-order valence-corrected chi connectivity index (χ0v) is 16.3. The Bertz CT molecular complexity index is 818. The maximum atomic E-state index is 11.5. The van der Waals surface area contributed by atoms with E-state index in [9.17, 15) is 4.79 Å². The van der Waals surface area contributed by atoms with Crippen LogP contribution in [-0.4, -0.2) is 5.97 Å². The molecule has 0 aromatic heterocycles. The summed E-state index contributed by atoms with van der Waals surface area (Å²) in [4.78, 5) is 11.5. The van der Waals surface area contributed by atoms with Crippen LogP contribution in [0.2, 0.25) is 0 Å². The molecule has 3 aliphatic rings. The second kappa shape index (κ2) is 6.99. The van der Waals surface area contributed by atoms with Gasteiger partial charge in [0.1, 0.15) is 5.75 Å². The molecule has 5 rings (SSSR count). The average molecular weight is 360 g/mol. The minimum absolute atomic E-state index is 0.343. The molecule has 140 valence electrons. The Morgan fingerprint density at radius 3 is 1.89 bits per heavy atom. The first-order valence-corrected chi connectivity index (χ1v) is 10.1. The summed E-state index contributed by atoms with van der Waals surface area (Å²) in [5.41, 5.74) is 4.90. The van der Waals surface area contributed by atoms with Gasteiger partial charge in [-0.2, -0.15) is 0 Å². The lowest BCUT2D eigenvalue weighted by atomic mass is 9.52. The van der Waals surface area contributed by atoms with Gasteiger partial charge in [-0.3, -0.25) is 0 Å². The minimum Gasteiger partial charge on any atom is -0.423 e. The van der Waals surface area contributed by atoms with Gasteiger partial charge in [0, 0.05) is 6.08 Å². The minimum atomic E-state index is -0.343. The van der Waals surface area contributed by atoms with Crippen molar-refractivity contribution >= 4 is 5.97 Å². The summed E-state index contributed by atoms with van der Waals surface area (Å²) in [6, 6.07) is 16.9. The normalized spacial score (nSPS) is 27.0. The van der Waals surface area contributed by atoms with Crippen molar-refractivity contribution in [1.29, 1.82) is 0 Å². The molecule has 2 heteroatoms. The van der Waals surface area contributed by atoms with Gasteiger partial charge in [-0.25, -0.2) is 4.79 Å². The molecule has 3 aliphatic carbocycles. The van der Waals surface area contributed by atoms with E-state index in [1.54, 1.807) is 13.0 Å². The van der Waals surface area contributed by atoms with Crippen LogP contribution in [0.1, 0.15) is 57.9 Å². The van der Waals surface area contributed by atoms with Crippen LogP contribution in [0.15, 0.2) is 60.7 Å². The number of hydrogen-bond acceptors (Lipinski definition) is 2. The first kappa shape index (κ1) is 18.0. The largest absolute Gasteiger partial charge is 0.423 e. The summed E-state index contributed by atoms with van der Waals surface area (Å²) >= 11 is 0. The van der Waals surface area contributed by atoms with Crippen molar-refractivity contribution in [3.05, 3.63) is 66.2 Å². The van der Waals surface area contributed by atoms with Crippen molar-refractivity contribution in [3.63, 3.8) is 0 Å². The van der Waals surface area contributed by atoms with Crippen molar-refractivity contribution in [1.82, 2.24) is 0 Å². The van der Waals surface area contributed by atoms with Gasteiger partial charge >= 0.3 is 5.97 Å². The first-order chi connectivity index (χ1) is 13.0. The highest BCUT2D eigenvalue weighted by atomic mass is 16.5. The number of carbonyl (C=O) groups is 1. The van der Waals surface area contributed by atoms with E-state index in [0.717, 1.165) is 5.56 Å². The molecule has 2 aromatic carbocycles. The van der Waals surface area contributed by atoms with Crippen LogP contribution in [-0.2, 0) is 10.2 Å². The summed E-state index contributed by atoms with van der Waals surface area (Å²) in [5, 5.41) is 0.